The quantitative estimate of drug-likeness (QED) is 0.716. The van der Waals surface area contributed by atoms with Crippen LogP contribution in [-0.4, -0.2) is 21.7 Å². The number of hydrogen-bond donors (Lipinski definition) is 3. The van der Waals surface area contributed by atoms with Crippen molar-refractivity contribution < 1.29 is 15.0 Å². The SMILES string of the molecule is CC(=O)O.CC(C)(N)Cc1ccc(O)cc1. The first-order chi connectivity index (χ1) is 7.20. The summed E-state index contributed by atoms with van der Waals surface area (Å²) in [6, 6.07) is 7.15. The molecule has 0 aliphatic heterocycles. The lowest BCUT2D eigenvalue weighted by Gasteiger charge is -2.18. The third-order valence-corrected chi connectivity index (χ3v) is 1.60. The van der Waals surface area contributed by atoms with E-state index < -0.39 is 5.97 Å². The van der Waals surface area contributed by atoms with Gasteiger partial charge in [0.15, 0.2) is 0 Å². The average molecular weight is 225 g/mol. The summed E-state index contributed by atoms with van der Waals surface area (Å²) >= 11 is 0. The van der Waals surface area contributed by atoms with E-state index in [-0.39, 0.29) is 5.54 Å². The second-order valence-corrected chi connectivity index (χ2v) is 4.35. The van der Waals surface area contributed by atoms with Gasteiger partial charge >= 0.3 is 0 Å². The molecule has 1 aromatic carbocycles. The normalized spacial score (nSPS) is 10.2. The molecule has 0 unspecified atom stereocenters. The van der Waals surface area contributed by atoms with Crippen molar-refractivity contribution in [1.29, 1.82) is 0 Å². The molecular weight excluding hydrogens is 206 g/mol. The number of aliphatic carboxylic acids is 1. The third kappa shape index (κ3) is 9.02. The Kier molecular flexibility index (Phi) is 5.53. The van der Waals surface area contributed by atoms with Crippen molar-refractivity contribution in [1.82, 2.24) is 0 Å². The summed E-state index contributed by atoms with van der Waals surface area (Å²) in [7, 11) is 0. The van der Waals surface area contributed by atoms with Crippen LogP contribution in [-0.2, 0) is 11.2 Å². The van der Waals surface area contributed by atoms with Crippen LogP contribution < -0.4 is 5.73 Å². The van der Waals surface area contributed by atoms with Gasteiger partial charge in [-0.05, 0) is 38.0 Å². The molecule has 4 heteroatoms. The summed E-state index contributed by atoms with van der Waals surface area (Å²) in [6.07, 6.45) is 0.827. The maximum Gasteiger partial charge on any atom is 0.300 e. The average Bonchev–Trinajstić information content (AvgIpc) is 2.05. The zero-order valence-electron chi connectivity index (χ0n) is 9.90. The molecule has 16 heavy (non-hydrogen) atoms. The van der Waals surface area contributed by atoms with E-state index in [1.807, 2.05) is 26.0 Å². The summed E-state index contributed by atoms with van der Waals surface area (Å²) in [5.74, 6) is -0.534. The Morgan fingerprint density at radius 2 is 1.69 bits per heavy atom. The molecule has 0 aliphatic rings. The molecule has 90 valence electrons. The first kappa shape index (κ1) is 14.5. The van der Waals surface area contributed by atoms with Gasteiger partial charge in [0.05, 0.1) is 0 Å². The standard InChI is InChI=1S/C10H15NO.C2H4O2/c1-10(2,11)7-8-3-5-9(12)6-4-8;1-2(3)4/h3-6,12H,7,11H2,1-2H3;1H3,(H,3,4). The highest BCUT2D eigenvalue weighted by Gasteiger charge is 2.10. The zero-order valence-corrected chi connectivity index (χ0v) is 9.90. The van der Waals surface area contributed by atoms with Crippen LogP contribution in [0.2, 0.25) is 0 Å². The Morgan fingerprint density at radius 1 is 1.31 bits per heavy atom. The minimum absolute atomic E-state index is 0.184. The van der Waals surface area contributed by atoms with Gasteiger partial charge in [-0.2, -0.15) is 0 Å². The topological polar surface area (TPSA) is 83.5 Å². The number of hydrogen-bond acceptors (Lipinski definition) is 3. The van der Waals surface area contributed by atoms with Gasteiger partial charge in [0.25, 0.3) is 5.97 Å². The van der Waals surface area contributed by atoms with Gasteiger partial charge in [-0.15, -0.1) is 0 Å². The number of nitrogens with two attached hydrogens (primary N) is 1. The molecule has 0 bridgehead atoms. The van der Waals surface area contributed by atoms with Crippen LogP contribution in [0, 0.1) is 0 Å². The van der Waals surface area contributed by atoms with E-state index in [9.17, 15) is 0 Å². The second kappa shape index (κ2) is 6.12. The number of carbonyl (C=O) groups is 1. The lowest BCUT2D eigenvalue weighted by molar-refractivity contribution is -0.134. The Balaban J connectivity index is 0.000000487. The molecule has 0 saturated carbocycles. The fraction of sp³-hybridized carbons (Fsp3) is 0.417. The lowest BCUT2D eigenvalue weighted by atomic mass is 9.96. The van der Waals surface area contributed by atoms with Crippen LogP contribution >= 0.6 is 0 Å². The molecule has 0 spiro atoms. The number of phenolic OH excluding ortho intramolecular Hbond substituents is 1. The van der Waals surface area contributed by atoms with Gasteiger partial charge in [-0.25, -0.2) is 0 Å². The highest BCUT2D eigenvalue weighted by atomic mass is 16.4. The predicted molar refractivity (Wildman–Crippen MR) is 63.4 cm³/mol. The number of aromatic hydroxyl groups is 1. The summed E-state index contributed by atoms with van der Waals surface area (Å²) in [4.78, 5) is 9.00. The fourth-order valence-corrected chi connectivity index (χ4v) is 1.14. The van der Waals surface area contributed by atoms with Crippen LogP contribution in [0.3, 0.4) is 0 Å². The molecule has 1 aromatic rings. The number of rotatable bonds is 2. The molecule has 0 atom stereocenters. The third-order valence-electron chi connectivity index (χ3n) is 1.60. The van der Waals surface area contributed by atoms with Crippen LogP contribution in [0.1, 0.15) is 26.3 Å². The molecule has 0 amide bonds. The first-order valence-corrected chi connectivity index (χ1v) is 4.97. The van der Waals surface area contributed by atoms with Crippen molar-refractivity contribution in [3.05, 3.63) is 29.8 Å². The van der Waals surface area contributed by atoms with Crippen molar-refractivity contribution in [2.75, 3.05) is 0 Å². The van der Waals surface area contributed by atoms with Gasteiger partial charge < -0.3 is 15.9 Å². The van der Waals surface area contributed by atoms with E-state index in [2.05, 4.69) is 0 Å². The summed E-state index contributed by atoms with van der Waals surface area (Å²) in [6.45, 7) is 5.06. The zero-order chi connectivity index (χ0) is 12.8. The summed E-state index contributed by atoms with van der Waals surface area (Å²) in [5.41, 5.74) is 6.81. The van der Waals surface area contributed by atoms with Gasteiger partial charge in [0.1, 0.15) is 5.75 Å². The first-order valence-electron chi connectivity index (χ1n) is 4.97. The Bertz CT molecular complexity index is 321. The second-order valence-electron chi connectivity index (χ2n) is 4.35. The fourth-order valence-electron chi connectivity index (χ4n) is 1.14. The maximum absolute atomic E-state index is 9.02. The largest absolute Gasteiger partial charge is 0.508 e. The molecular formula is C12H19NO3. The Hall–Kier alpha value is -1.55. The number of carboxylic acid groups (broad SMARTS) is 1. The van der Waals surface area contributed by atoms with Crippen molar-refractivity contribution in [2.24, 2.45) is 5.73 Å². The molecule has 0 radical (unpaired) electrons. The van der Waals surface area contributed by atoms with E-state index in [0.29, 0.717) is 5.75 Å². The van der Waals surface area contributed by atoms with E-state index in [1.165, 1.54) is 0 Å². The number of carboxylic acids is 1. The van der Waals surface area contributed by atoms with Crippen molar-refractivity contribution in [2.45, 2.75) is 32.7 Å². The van der Waals surface area contributed by atoms with Crippen LogP contribution in [0.25, 0.3) is 0 Å². The minimum atomic E-state index is -0.833. The van der Waals surface area contributed by atoms with Crippen molar-refractivity contribution in [3.63, 3.8) is 0 Å². The molecule has 1 rings (SSSR count). The summed E-state index contributed by atoms with van der Waals surface area (Å²) < 4.78 is 0. The van der Waals surface area contributed by atoms with E-state index in [4.69, 9.17) is 20.7 Å². The lowest BCUT2D eigenvalue weighted by Crippen LogP contribution is -2.34. The predicted octanol–water partition coefficient (Wildman–Crippen LogP) is 1.76. The molecule has 0 saturated heterocycles. The van der Waals surface area contributed by atoms with Crippen LogP contribution in [0.5, 0.6) is 5.75 Å². The number of phenols is 1. The molecule has 0 heterocycles. The molecule has 0 aliphatic carbocycles. The van der Waals surface area contributed by atoms with Crippen molar-refractivity contribution >= 4 is 5.97 Å². The van der Waals surface area contributed by atoms with Gasteiger partial charge in [0.2, 0.25) is 0 Å². The van der Waals surface area contributed by atoms with Crippen LogP contribution in [0.15, 0.2) is 24.3 Å². The maximum atomic E-state index is 9.02. The highest BCUT2D eigenvalue weighted by Crippen LogP contribution is 2.13. The molecule has 4 N–H and O–H groups in total. The van der Waals surface area contributed by atoms with E-state index in [1.54, 1.807) is 12.1 Å². The molecule has 0 aromatic heterocycles. The van der Waals surface area contributed by atoms with Crippen LogP contribution in [0.4, 0.5) is 0 Å². The molecule has 0 fully saturated rings. The highest BCUT2D eigenvalue weighted by molar-refractivity contribution is 5.62. The monoisotopic (exact) mass is 225 g/mol. The smallest absolute Gasteiger partial charge is 0.300 e. The van der Waals surface area contributed by atoms with E-state index >= 15 is 0 Å². The van der Waals surface area contributed by atoms with Crippen molar-refractivity contribution in [3.8, 4) is 5.75 Å². The van der Waals surface area contributed by atoms with Gasteiger partial charge in [-0.3, -0.25) is 4.79 Å². The van der Waals surface area contributed by atoms with Gasteiger partial charge in [0, 0.05) is 12.5 Å². The summed E-state index contributed by atoms with van der Waals surface area (Å²) in [5, 5.41) is 16.4. The Labute approximate surface area is 95.7 Å². The van der Waals surface area contributed by atoms with E-state index in [0.717, 1.165) is 18.9 Å². The minimum Gasteiger partial charge on any atom is -0.508 e. The molecule has 4 nitrogen and oxygen atoms in total. The Morgan fingerprint density at radius 3 is 2.00 bits per heavy atom. The van der Waals surface area contributed by atoms with Gasteiger partial charge in [-0.1, -0.05) is 12.1 Å². The number of benzene rings is 1.